The van der Waals surface area contributed by atoms with Crippen LogP contribution >= 0.6 is 0 Å². The Morgan fingerprint density at radius 1 is 0.981 bits per heavy atom. The molecule has 3 heterocycles. The van der Waals surface area contributed by atoms with E-state index in [9.17, 15) is 24.6 Å². The summed E-state index contributed by atoms with van der Waals surface area (Å²) in [5, 5.41) is 28.7. The van der Waals surface area contributed by atoms with E-state index in [2.05, 4.69) is 19.9 Å². The van der Waals surface area contributed by atoms with E-state index in [4.69, 9.17) is 5.10 Å². The molecule has 3 atom stereocenters. The van der Waals surface area contributed by atoms with Crippen LogP contribution in [-0.4, -0.2) is 57.7 Å². The molecule has 53 heavy (non-hydrogen) atoms. The summed E-state index contributed by atoms with van der Waals surface area (Å²) in [4.78, 5) is 44.4. The highest BCUT2D eigenvalue weighted by atomic mass is 16.3. The SMILES string of the molecule is CC(C)=CCC/C(C)=C/CN1C(=O)[C@@](O)([C@@H](C)/C=C/CC(=O)N2Cc3ccccc3C[C@H]2CO)c2cc(N3N=C(c4ccccc4)CCC3=O)ccc21. The van der Waals surface area contributed by atoms with Gasteiger partial charge in [0.25, 0.3) is 5.91 Å². The molecule has 0 spiro atoms. The van der Waals surface area contributed by atoms with Crippen LogP contribution < -0.4 is 9.91 Å². The third kappa shape index (κ3) is 7.97. The van der Waals surface area contributed by atoms with Crippen LogP contribution in [0.2, 0.25) is 0 Å². The van der Waals surface area contributed by atoms with Crippen molar-refractivity contribution in [3.63, 3.8) is 0 Å². The maximum atomic E-state index is 14.4. The first kappa shape index (κ1) is 37.6. The van der Waals surface area contributed by atoms with Crippen LogP contribution in [0.25, 0.3) is 0 Å². The van der Waals surface area contributed by atoms with Crippen molar-refractivity contribution in [3.8, 4) is 0 Å². The first-order valence-corrected chi connectivity index (χ1v) is 18.6. The van der Waals surface area contributed by atoms with Gasteiger partial charge in [0.15, 0.2) is 5.60 Å². The first-order valence-electron chi connectivity index (χ1n) is 18.6. The average molecular weight is 715 g/mol. The molecule has 3 aliphatic heterocycles. The zero-order chi connectivity index (χ0) is 37.7. The Morgan fingerprint density at radius 3 is 2.45 bits per heavy atom. The van der Waals surface area contributed by atoms with Crippen molar-refractivity contribution in [2.75, 3.05) is 23.1 Å². The van der Waals surface area contributed by atoms with Gasteiger partial charge in [-0.15, -0.1) is 0 Å². The number of carbonyl (C=O) groups excluding carboxylic acids is 3. The van der Waals surface area contributed by atoms with E-state index in [0.29, 0.717) is 36.3 Å². The number of anilines is 2. The number of benzene rings is 3. The number of aliphatic hydroxyl groups excluding tert-OH is 1. The van der Waals surface area contributed by atoms with Crippen LogP contribution in [0.15, 0.2) is 113 Å². The Bertz CT molecular complexity index is 1980. The molecule has 6 rings (SSSR count). The smallest absolute Gasteiger partial charge is 0.264 e. The molecular weight excluding hydrogens is 665 g/mol. The second kappa shape index (κ2) is 16.3. The summed E-state index contributed by atoms with van der Waals surface area (Å²) in [6, 6.07) is 22.6. The number of allylic oxidation sites excluding steroid dienone is 3. The van der Waals surface area contributed by atoms with Gasteiger partial charge in [-0.1, -0.05) is 97.0 Å². The van der Waals surface area contributed by atoms with Gasteiger partial charge in [0.05, 0.1) is 29.7 Å². The normalized spacial score (nSPS) is 20.7. The van der Waals surface area contributed by atoms with Crippen LogP contribution in [0.3, 0.4) is 0 Å². The summed E-state index contributed by atoms with van der Waals surface area (Å²) in [5.74, 6) is -1.49. The minimum atomic E-state index is -1.96. The summed E-state index contributed by atoms with van der Waals surface area (Å²) < 4.78 is 0. The number of amides is 3. The van der Waals surface area contributed by atoms with Crippen molar-refractivity contribution >= 4 is 34.8 Å². The summed E-state index contributed by atoms with van der Waals surface area (Å²) in [6.07, 6.45) is 10.8. The number of hydrazone groups is 1. The summed E-state index contributed by atoms with van der Waals surface area (Å²) >= 11 is 0. The van der Waals surface area contributed by atoms with Gasteiger partial charge in [-0.3, -0.25) is 14.4 Å². The number of carbonyl (C=O) groups is 3. The third-order valence-corrected chi connectivity index (χ3v) is 10.6. The molecular formula is C44H50N4O5. The fourth-order valence-corrected chi connectivity index (χ4v) is 7.45. The Balaban J connectivity index is 1.28. The third-order valence-electron chi connectivity index (χ3n) is 10.6. The summed E-state index contributed by atoms with van der Waals surface area (Å²) in [7, 11) is 0. The van der Waals surface area contributed by atoms with Crippen LogP contribution in [0.1, 0.15) is 82.1 Å². The van der Waals surface area contributed by atoms with E-state index in [-0.39, 0.29) is 43.8 Å². The van der Waals surface area contributed by atoms with Crippen LogP contribution in [0, 0.1) is 5.92 Å². The van der Waals surface area contributed by atoms with Crippen molar-refractivity contribution in [2.45, 2.75) is 84.4 Å². The molecule has 0 saturated heterocycles. The largest absolute Gasteiger partial charge is 0.394 e. The number of hydrogen-bond donors (Lipinski definition) is 2. The fraction of sp³-hybridized carbons (Fsp3) is 0.364. The van der Waals surface area contributed by atoms with Crippen LogP contribution in [0.5, 0.6) is 0 Å². The van der Waals surface area contributed by atoms with Gasteiger partial charge in [0, 0.05) is 43.8 Å². The van der Waals surface area contributed by atoms with E-state index < -0.39 is 17.4 Å². The van der Waals surface area contributed by atoms with Crippen molar-refractivity contribution < 1.29 is 24.6 Å². The lowest BCUT2D eigenvalue weighted by molar-refractivity contribution is -0.139. The van der Waals surface area contributed by atoms with E-state index in [1.807, 2.05) is 67.6 Å². The molecule has 0 saturated carbocycles. The Kier molecular flexibility index (Phi) is 11.6. The van der Waals surface area contributed by atoms with Gasteiger partial charge in [-0.05, 0) is 74.9 Å². The van der Waals surface area contributed by atoms with Gasteiger partial charge in [-0.25, -0.2) is 5.01 Å². The first-order chi connectivity index (χ1) is 25.5. The van der Waals surface area contributed by atoms with Gasteiger partial charge in [0.2, 0.25) is 11.8 Å². The molecule has 3 aromatic carbocycles. The number of aliphatic hydroxyl groups is 2. The van der Waals surface area contributed by atoms with Crippen molar-refractivity contribution in [1.29, 1.82) is 0 Å². The molecule has 0 fully saturated rings. The Hall–Kier alpha value is -5.12. The van der Waals surface area contributed by atoms with Gasteiger partial charge < -0.3 is 20.0 Å². The van der Waals surface area contributed by atoms with Gasteiger partial charge in [-0.2, -0.15) is 5.10 Å². The van der Waals surface area contributed by atoms with Crippen LogP contribution in [0.4, 0.5) is 11.4 Å². The molecule has 0 bridgehead atoms. The van der Waals surface area contributed by atoms with Gasteiger partial charge in [0.1, 0.15) is 0 Å². The van der Waals surface area contributed by atoms with E-state index in [1.165, 1.54) is 10.6 Å². The minimum Gasteiger partial charge on any atom is -0.394 e. The highest BCUT2D eigenvalue weighted by molar-refractivity contribution is 6.10. The molecule has 3 amide bonds. The van der Waals surface area contributed by atoms with Crippen molar-refractivity contribution in [1.82, 2.24) is 4.90 Å². The predicted octanol–water partition coefficient (Wildman–Crippen LogP) is 6.97. The lowest BCUT2D eigenvalue weighted by atomic mass is 9.82. The summed E-state index contributed by atoms with van der Waals surface area (Å²) in [5.41, 5.74) is 5.78. The molecule has 9 nitrogen and oxygen atoms in total. The molecule has 0 aromatic heterocycles. The maximum Gasteiger partial charge on any atom is 0.264 e. The highest BCUT2D eigenvalue weighted by Crippen LogP contribution is 2.47. The predicted molar refractivity (Wildman–Crippen MR) is 209 cm³/mol. The molecule has 0 aliphatic carbocycles. The lowest BCUT2D eigenvalue weighted by Gasteiger charge is -2.36. The number of fused-ring (bicyclic) bond motifs is 2. The second-order valence-corrected chi connectivity index (χ2v) is 14.6. The second-order valence-electron chi connectivity index (χ2n) is 14.6. The van der Waals surface area contributed by atoms with Crippen molar-refractivity contribution in [2.24, 2.45) is 11.0 Å². The topological polar surface area (TPSA) is 114 Å². The number of rotatable bonds is 12. The molecule has 3 aliphatic rings. The Labute approximate surface area is 312 Å². The highest BCUT2D eigenvalue weighted by Gasteiger charge is 2.52. The Morgan fingerprint density at radius 2 is 1.72 bits per heavy atom. The monoisotopic (exact) mass is 714 g/mol. The zero-order valence-electron chi connectivity index (χ0n) is 31.2. The van der Waals surface area contributed by atoms with E-state index in [1.54, 1.807) is 47.1 Å². The van der Waals surface area contributed by atoms with Crippen molar-refractivity contribution in [3.05, 3.63) is 131 Å². The van der Waals surface area contributed by atoms with Gasteiger partial charge >= 0.3 is 0 Å². The fourth-order valence-electron chi connectivity index (χ4n) is 7.45. The molecule has 2 N–H and O–H groups in total. The summed E-state index contributed by atoms with van der Waals surface area (Å²) in [6.45, 7) is 8.52. The molecule has 0 unspecified atom stereocenters. The standard InChI is InChI=1S/C44H50N4O5/c1-30(2)12-10-13-31(3)24-25-46-40-22-20-36(48-42(51)23-21-39(45-48)33-15-6-5-7-16-33)27-38(40)44(53,43(46)52)32(4)14-11-19-41(50)47-28-35-18-9-8-17-34(35)26-37(47)29-49/h5-9,11-12,14-18,20,22,24,27,32,37,49,53H,10,13,19,21,23,25-26,28-29H2,1-4H3/b14-11+,31-24+/t32-,37-,44+/m0/s1. The zero-order valence-corrected chi connectivity index (χ0v) is 31.2. The lowest BCUT2D eigenvalue weighted by Crippen LogP contribution is -2.46. The van der Waals surface area contributed by atoms with E-state index >= 15 is 0 Å². The number of nitrogens with zero attached hydrogens (tertiary/aromatic N) is 4. The molecule has 276 valence electrons. The quantitative estimate of drug-likeness (QED) is 0.197. The average Bonchev–Trinajstić information content (AvgIpc) is 3.38. The maximum absolute atomic E-state index is 14.4. The molecule has 0 radical (unpaired) electrons. The molecule has 3 aromatic rings. The van der Waals surface area contributed by atoms with E-state index in [0.717, 1.165) is 40.8 Å². The molecule has 9 heteroatoms. The minimum absolute atomic E-state index is 0.0523. The number of hydrogen-bond acceptors (Lipinski definition) is 6. The van der Waals surface area contributed by atoms with Crippen LogP contribution in [-0.2, 0) is 33.0 Å².